The minimum Gasteiger partial charge on any atom is -0.508 e. The fourth-order valence-electron chi connectivity index (χ4n) is 5.33. The first kappa shape index (κ1) is 16.4. The van der Waals surface area contributed by atoms with Crippen molar-refractivity contribution in [3.63, 3.8) is 0 Å². The van der Waals surface area contributed by atoms with Gasteiger partial charge < -0.3 is 10.2 Å². The lowest BCUT2D eigenvalue weighted by molar-refractivity contribution is -0.0412. The highest BCUT2D eigenvalue weighted by atomic mass is 16.3. The van der Waals surface area contributed by atoms with Gasteiger partial charge in [0.1, 0.15) is 11.5 Å². The molecule has 2 nitrogen and oxygen atoms in total. The SMILES string of the molecule is CC1=CCCC2C1(C)CCC(C)[C@@]2(C)Cc1cc(O)ccc1O. The maximum absolute atomic E-state index is 10.3. The minimum absolute atomic E-state index is 0.147. The third-order valence-corrected chi connectivity index (χ3v) is 7.23. The van der Waals surface area contributed by atoms with Gasteiger partial charge in [0, 0.05) is 0 Å². The molecular weight excluding hydrogens is 284 g/mol. The fourth-order valence-corrected chi connectivity index (χ4v) is 5.33. The highest BCUT2D eigenvalue weighted by molar-refractivity contribution is 5.39. The van der Waals surface area contributed by atoms with Crippen molar-refractivity contribution < 1.29 is 10.2 Å². The molecule has 126 valence electrons. The Morgan fingerprint density at radius 3 is 2.65 bits per heavy atom. The first-order valence-corrected chi connectivity index (χ1v) is 8.95. The molecule has 0 amide bonds. The molecule has 0 heterocycles. The molecule has 2 aliphatic rings. The summed E-state index contributed by atoms with van der Waals surface area (Å²) in [7, 11) is 0. The van der Waals surface area contributed by atoms with Crippen LogP contribution in [-0.4, -0.2) is 10.2 Å². The van der Waals surface area contributed by atoms with Crippen LogP contribution in [0.3, 0.4) is 0 Å². The smallest absolute Gasteiger partial charge is 0.119 e. The largest absolute Gasteiger partial charge is 0.508 e. The number of phenols is 2. The second-order valence-electron chi connectivity index (χ2n) is 8.37. The van der Waals surface area contributed by atoms with E-state index in [1.54, 1.807) is 23.8 Å². The molecule has 1 fully saturated rings. The number of aromatic hydroxyl groups is 2. The van der Waals surface area contributed by atoms with Crippen molar-refractivity contribution in [1.82, 2.24) is 0 Å². The lowest BCUT2D eigenvalue weighted by Crippen LogP contribution is -2.50. The Balaban J connectivity index is 2.00. The van der Waals surface area contributed by atoms with Gasteiger partial charge in [-0.05, 0) is 85.5 Å². The normalized spacial score (nSPS) is 37.1. The molecule has 2 N–H and O–H groups in total. The van der Waals surface area contributed by atoms with Crippen molar-refractivity contribution in [2.75, 3.05) is 0 Å². The monoisotopic (exact) mass is 314 g/mol. The van der Waals surface area contributed by atoms with E-state index >= 15 is 0 Å². The molecule has 1 aromatic carbocycles. The van der Waals surface area contributed by atoms with E-state index in [0.29, 0.717) is 17.6 Å². The van der Waals surface area contributed by atoms with Gasteiger partial charge >= 0.3 is 0 Å². The summed E-state index contributed by atoms with van der Waals surface area (Å²) in [6.07, 6.45) is 8.16. The van der Waals surface area contributed by atoms with Crippen LogP contribution in [0.1, 0.15) is 58.9 Å². The molecule has 4 atom stereocenters. The first-order chi connectivity index (χ1) is 10.8. The number of hydrogen-bond donors (Lipinski definition) is 2. The Bertz CT molecular complexity index is 633. The van der Waals surface area contributed by atoms with E-state index < -0.39 is 0 Å². The van der Waals surface area contributed by atoms with Gasteiger partial charge in [0.05, 0.1) is 0 Å². The maximum atomic E-state index is 10.3. The standard InChI is InChI=1S/C21H30O2/c1-14-6-5-7-19-20(14,3)11-10-15(2)21(19,4)13-16-12-17(22)8-9-18(16)23/h6,8-9,12,15,19,22-23H,5,7,10-11,13H2,1-4H3/t15?,19?,20?,21-/m1/s1. The van der Waals surface area contributed by atoms with Gasteiger partial charge in [-0.2, -0.15) is 0 Å². The van der Waals surface area contributed by atoms with Gasteiger partial charge in [0.25, 0.3) is 0 Å². The molecule has 0 saturated heterocycles. The average molecular weight is 314 g/mol. The Hall–Kier alpha value is -1.44. The van der Waals surface area contributed by atoms with E-state index in [1.807, 2.05) is 0 Å². The molecule has 2 aliphatic carbocycles. The van der Waals surface area contributed by atoms with Crippen LogP contribution in [0.5, 0.6) is 11.5 Å². The van der Waals surface area contributed by atoms with Crippen molar-refractivity contribution >= 4 is 0 Å². The van der Waals surface area contributed by atoms with Crippen LogP contribution >= 0.6 is 0 Å². The van der Waals surface area contributed by atoms with Crippen molar-refractivity contribution in [2.45, 2.75) is 59.8 Å². The molecule has 0 spiro atoms. The predicted molar refractivity (Wildman–Crippen MR) is 94.6 cm³/mol. The summed E-state index contributed by atoms with van der Waals surface area (Å²) in [5, 5.41) is 20.1. The zero-order chi connectivity index (χ0) is 16.8. The maximum Gasteiger partial charge on any atom is 0.119 e. The van der Waals surface area contributed by atoms with Crippen LogP contribution in [-0.2, 0) is 6.42 Å². The van der Waals surface area contributed by atoms with Crippen LogP contribution in [0.25, 0.3) is 0 Å². The minimum atomic E-state index is 0.147. The second kappa shape index (κ2) is 5.58. The molecule has 0 radical (unpaired) electrons. The molecule has 3 rings (SSSR count). The predicted octanol–water partition coefficient (Wildman–Crippen LogP) is 5.44. The first-order valence-electron chi connectivity index (χ1n) is 8.95. The van der Waals surface area contributed by atoms with Crippen molar-refractivity contribution in [3.05, 3.63) is 35.4 Å². The van der Waals surface area contributed by atoms with Gasteiger partial charge in [-0.1, -0.05) is 32.4 Å². The molecule has 23 heavy (non-hydrogen) atoms. The molecule has 3 unspecified atom stereocenters. The van der Waals surface area contributed by atoms with Gasteiger partial charge in [0.15, 0.2) is 0 Å². The number of fused-ring (bicyclic) bond motifs is 1. The summed E-state index contributed by atoms with van der Waals surface area (Å²) in [5.41, 5.74) is 2.86. The molecular formula is C21H30O2. The summed E-state index contributed by atoms with van der Waals surface area (Å²) >= 11 is 0. The Labute approximate surface area is 140 Å². The molecule has 0 aromatic heterocycles. The lowest BCUT2D eigenvalue weighted by atomic mass is 9.47. The quantitative estimate of drug-likeness (QED) is 0.564. The Morgan fingerprint density at radius 2 is 1.91 bits per heavy atom. The zero-order valence-corrected chi connectivity index (χ0v) is 14.9. The summed E-state index contributed by atoms with van der Waals surface area (Å²) in [5.74, 6) is 1.80. The number of rotatable bonds is 2. The van der Waals surface area contributed by atoms with Gasteiger partial charge in [-0.25, -0.2) is 0 Å². The van der Waals surface area contributed by atoms with E-state index in [1.165, 1.54) is 25.7 Å². The molecule has 1 aromatic rings. The van der Waals surface area contributed by atoms with Gasteiger partial charge in [-0.3, -0.25) is 0 Å². The molecule has 0 bridgehead atoms. The topological polar surface area (TPSA) is 40.5 Å². The summed E-state index contributed by atoms with van der Waals surface area (Å²) < 4.78 is 0. The fraction of sp³-hybridized carbons (Fsp3) is 0.619. The molecule has 0 aliphatic heterocycles. The highest BCUT2D eigenvalue weighted by Gasteiger charge is 2.53. The van der Waals surface area contributed by atoms with E-state index in [0.717, 1.165) is 12.0 Å². The Kier molecular flexibility index (Phi) is 3.98. The average Bonchev–Trinajstić information content (AvgIpc) is 2.50. The van der Waals surface area contributed by atoms with Gasteiger partial charge in [-0.15, -0.1) is 0 Å². The third-order valence-electron chi connectivity index (χ3n) is 7.23. The van der Waals surface area contributed by atoms with E-state index in [-0.39, 0.29) is 16.6 Å². The van der Waals surface area contributed by atoms with Crippen molar-refractivity contribution in [2.24, 2.45) is 22.7 Å². The number of allylic oxidation sites excluding steroid dienone is 2. The lowest BCUT2D eigenvalue weighted by Gasteiger charge is -2.58. The van der Waals surface area contributed by atoms with E-state index in [2.05, 4.69) is 33.8 Å². The van der Waals surface area contributed by atoms with Crippen LogP contribution < -0.4 is 0 Å². The molecule has 2 heteroatoms. The summed E-state index contributed by atoms with van der Waals surface area (Å²) in [6.45, 7) is 9.51. The number of benzene rings is 1. The van der Waals surface area contributed by atoms with Crippen LogP contribution in [0.4, 0.5) is 0 Å². The molecule has 1 saturated carbocycles. The van der Waals surface area contributed by atoms with Gasteiger partial charge in [0.2, 0.25) is 0 Å². The summed E-state index contributed by atoms with van der Waals surface area (Å²) in [6, 6.07) is 4.92. The highest BCUT2D eigenvalue weighted by Crippen LogP contribution is 2.61. The van der Waals surface area contributed by atoms with Crippen LogP contribution in [0.15, 0.2) is 29.8 Å². The number of hydrogen-bond acceptors (Lipinski definition) is 2. The zero-order valence-electron chi connectivity index (χ0n) is 14.9. The van der Waals surface area contributed by atoms with Crippen LogP contribution in [0.2, 0.25) is 0 Å². The number of phenolic OH excluding ortho intramolecular Hbond substituents is 2. The van der Waals surface area contributed by atoms with Crippen molar-refractivity contribution in [3.8, 4) is 11.5 Å². The summed E-state index contributed by atoms with van der Waals surface area (Å²) in [4.78, 5) is 0. The second-order valence-corrected chi connectivity index (χ2v) is 8.37. The van der Waals surface area contributed by atoms with E-state index in [4.69, 9.17) is 0 Å². The van der Waals surface area contributed by atoms with Crippen molar-refractivity contribution in [1.29, 1.82) is 0 Å². The van der Waals surface area contributed by atoms with E-state index in [9.17, 15) is 10.2 Å². The van der Waals surface area contributed by atoms with Crippen LogP contribution in [0, 0.1) is 22.7 Å². The third kappa shape index (κ3) is 2.56. The Morgan fingerprint density at radius 1 is 1.17 bits per heavy atom.